The first kappa shape index (κ1) is 11.4. The second-order valence-electron chi connectivity index (χ2n) is 3.89. The summed E-state index contributed by atoms with van der Waals surface area (Å²) in [6.07, 6.45) is 5.57. The normalized spacial score (nSPS) is 10.5. The first-order valence-corrected chi connectivity index (χ1v) is 5.35. The van der Waals surface area contributed by atoms with Crippen LogP contribution in [0.15, 0.2) is 35.2 Å². The number of aldehydes is 1. The van der Waals surface area contributed by atoms with Gasteiger partial charge < -0.3 is 9.15 Å². The maximum absolute atomic E-state index is 10.8. The molecule has 2 aromatic heterocycles. The summed E-state index contributed by atoms with van der Waals surface area (Å²) in [4.78, 5) is 14.9. The standard InChI is InChI=1S/C13H13NO3/c1-9(2)17-11-5-10(6-14-7-11)12-3-4-16-13(12)8-15/h3-9H,1-2H3. The van der Waals surface area contributed by atoms with Gasteiger partial charge in [0.05, 0.1) is 18.6 Å². The van der Waals surface area contributed by atoms with E-state index in [0.29, 0.717) is 17.8 Å². The van der Waals surface area contributed by atoms with Crippen LogP contribution in [0.4, 0.5) is 0 Å². The third-order valence-electron chi connectivity index (χ3n) is 2.20. The first-order valence-electron chi connectivity index (χ1n) is 5.35. The van der Waals surface area contributed by atoms with Crippen LogP contribution in [0, 0.1) is 0 Å². The molecule has 2 heterocycles. The zero-order valence-corrected chi connectivity index (χ0v) is 9.71. The number of rotatable bonds is 4. The molecule has 88 valence electrons. The Morgan fingerprint density at radius 2 is 2.24 bits per heavy atom. The van der Waals surface area contributed by atoms with Crippen LogP contribution in [-0.2, 0) is 0 Å². The zero-order valence-electron chi connectivity index (χ0n) is 9.71. The van der Waals surface area contributed by atoms with Crippen molar-refractivity contribution >= 4 is 6.29 Å². The van der Waals surface area contributed by atoms with Gasteiger partial charge in [-0.05, 0) is 26.0 Å². The van der Waals surface area contributed by atoms with Crippen LogP contribution in [0.25, 0.3) is 11.1 Å². The number of aromatic nitrogens is 1. The van der Waals surface area contributed by atoms with Crippen molar-refractivity contribution < 1.29 is 13.9 Å². The van der Waals surface area contributed by atoms with Gasteiger partial charge in [0, 0.05) is 17.3 Å². The van der Waals surface area contributed by atoms with Crippen molar-refractivity contribution in [2.75, 3.05) is 0 Å². The lowest BCUT2D eigenvalue weighted by atomic mass is 10.1. The Labute approximate surface area is 99.2 Å². The Morgan fingerprint density at radius 3 is 2.94 bits per heavy atom. The predicted octanol–water partition coefficient (Wildman–Crippen LogP) is 2.94. The summed E-state index contributed by atoms with van der Waals surface area (Å²) in [5.41, 5.74) is 1.53. The summed E-state index contributed by atoms with van der Waals surface area (Å²) >= 11 is 0. The molecule has 4 nitrogen and oxygen atoms in total. The molecule has 0 aliphatic heterocycles. The highest BCUT2D eigenvalue weighted by atomic mass is 16.5. The van der Waals surface area contributed by atoms with Crippen molar-refractivity contribution in [3.63, 3.8) is 0 Å². The molecular weight excluding hydrogens is 218 g/mol. The van der Waals surface area contributed by atoms with Gasteiger partial charge in [-0.1, -0.05) is 0 Å². The molecule has 4 heteroatoms. The van der Waals surface area contributed by atoms with E-state index in [1.54, 1.807) is 18.5 Å². The average Bonchev–Trinajstić information content (AvgIpc) is 2.76. The Bertz CT molecular complexity index is 517. The Hall–Kier alpha value is -2.10. The number of pyridine rings is 1. The zero-order chi connectivity index (χ0) is 12.3. The molecule has 17 heavy (non-hydrogen) atoms. The van der Waals surface area contributed by atoms with Crippen LogP contribution < -0.4 is 4.74 Å². The van der Waals surface area contributed by atoms with Crippen molar-refractivity contribution in [3.05, 3.63) is 36.5 Å². The van der Waals surface area contributed by atoms with Crippen molar-refractivity contribution in [2.45, 2.75) is 20.0 Å². The van der Waals surface area contributed by atoms with E-state index in [0.717, 1.165) is 11.1 Å². The van der Waals surface area contributed by atoms with Crippen LogP contribution in [0.5, 0.6) is 5.75 Å². The van der Waals surface area contributed by atoms with Crippen molar-refractivity contribution in [3.8, 4) is 16.9 Å². The van der Waals surface area contributed by atoms with Crippen LogP contribution in [0.2, 0.25) is 0 Å². The molecule has 0 saturated heterocycles. The highest BCUT2D eigenvalue weighted by molar-refractivity contribution is 5.84. The highest BCUT2D eigenvalue weighted by Gasteiger charge is 2.09. The van der Waals surface area contributed by atoms with E-state index >= 15 is 0 Å². The fourth-order valence-corrected chi connectivity index (χ4v) is 1.55. The predicted molar refractivity (Wildman–Crippen MR) is 63.1 cm³/mol. The smallest absolute Gasteiger partial charge is 0.185 e. The molecule has 0 N–H and O–H groups in total. The van der Waals surface area contributed by atoms with Crippen LogP contribution in [-0.4, -0.2) is 17.4 Å². The maximum atomic E-state index is 10.8. The Morgan fingerprint density at radius 1 is 1.41 bits per heavy atom. The maximum Gasteiger partial charge on any atom is 0.185 e. The van der Waals surface area contributed by atoms with Gasteiger partial charge in [0.25, 0.3) is 0 Å². The lowest BCUT2D eigenvalue weighted by Crippen LogP contribution is -2.05. The number of carbonyl (C=O) groups is 1. The minimum atomic E-state index is 0.0851. The SMILES string of the molecule is CC(C)Oc1cncc(-c2ccoc2C=O)c1. The van der Waals surface area contributed by atoms with E-state index in [1.165, 1.54) is 6.26 Å². The van der Waals surface area contributed by atoms with Crippen LogP contribution in [0.1, 0.15) is 24.4 Å². The largest absolute Gasteiger partial charge is 0.489 e. The van der Waals surface area contributed by atoms with Gasteiger partial charge in [-0.25, -0.2) is 0 Å². The second-order valence-corrected chi connectivity index (χ2v) is 3.89. The van der Waals surface area contributed by atoms with Crippen molar-refractivity contribution in [2.24, 2.45) is 0 Å². The third-order valence-corrected chi connectivity index (χ3v) is 2.20. The molecule has 0 aliphatic rings. The summed E-state index contributed by atoms with van der Waals surface area (Å²) in [5, 5.41) is 0. The Kier molecular flexibility index (Phi) is 3.23. The molecule has 0 saturated carbocycles. The molecule has 0 spiro atoms. The summed E-state index contributed by atoms with van der Waals surface area (Å²) < 4.78 is 10.6. The molecule has 0 bridgehead atoms. The number of nitrogens with zero attached hydrogens (tertiary/aromatic N) is 1. The molecule has 2 rings (SSSR count). The van der Waals surface area contributed by atoms with Gasteiger partial charge in [-0.15, -0.1) is 0 Å². The first-order chi connectivity index (χ1) is 8.20. The van der Waals surface area contributed by atoms with E-state index in [4.69, 9.17) is 9.15 Å². The quantitative estimate of drug-likeness (QED) is 0.759. The van der Waals surface area contributed by atoms with E-state index in [-0.39, 0.29) is 6.10 Å². The summed E-state index contributed by atoms with van der Waals surface area (Å²) in [6, 6.07) is 3.57. The number of ether oxygens (including phenoxy) is 1. The van der Waals surface area contributed by atoms with Crippen LogP contribution >= 0.6 is 0 Å². The fraction of sp³-hybridized carbons (Fsp3) is 0.231. The van der Waals surface area contributed by atoms with Gasteiger partial charge in [-0.2, -0.15) is 0 Å². The summed E-state index contributed by atoms with van der Waals surface area (Å²) in [6.45, 7) is 3.89. The number of furan rings is 1. The van der Waals surface area contributed by atoms with Crippen molar-refractivity contribution in [1.82, 2.24) is 4.98 Å². The molecular formula is C13H13NO3. The molecule has 2 aromatic rings. The second kappa shape index (κ2) is 4.82. The minimum absolute atomic E-state index is 0.0851. The summed E-state index contributed by atoms with van der Waals surface area (Å²) in [7, 11) is 0. The van der Waals surface area contributed by atoms with Gasteiger partial charge in [0.1, 0.15) is 5.75 Å². The van der Waals surface area contributed by atoms with E-state index in [9.17, 15) is 4.79 Å². The Balaban J connectivity index is 2.36. The number of hydrogen-bond donors (Lipinski definition) is 0. The van der Waals surface area contributed by atoms with Crippen molar-refractivity contribution in [1.29, 1.82) is 0 Å². The molecule has 0 unspecified atom stereocenters. The number of hydrogen-bond acceptors (Lipinski definition) is 4. The highest BCUT2D eigenvalue weighted by Crippen LogP contribution is 2.26. The monoisotopic (exact) mass is 231 g/mol. The summed E-state index contributed by atoms with van der Waals surface area (Å²) in [5.74, 6) is 0.976. The van der Waals surface area contributed by atoms with Gasteiger partial charge in [-0.3, -0.25) is 9.78 Å². The molecule has 0 amide bonds. The molecule has 0 radical (unpaired) electrons. The van der Waals surface area contributed by atoms with Gasteiger partial charge in [0.15, 0.2) is 12.0 Å². The van der Waals surface area contributed by atoms with E-state index < -0.39 is 0 Å². The molecule has 0 fully saturated rings. The van der Waals surface area contributed by atoms with Crippen LogP contribution in [0.3, 0.4) is 0 Å². The van der Waals surface area contributed by atoms with E-state index in [1.807, 2.05) is 19.9 Å². The fourth-order valence-electron chi connectivity index (χ4n) is 1.55. The van der Waals surface area contributed by atoms with Gasteiger partial charge in [0.2, 0.25) is 0 Å². The molecule has 0 atom stereocenters. The third kappa shape index (κ3) is 2.53. The van der Waals surface area contributed by atoms with E-state index in [2.05, 4.69) is 4.98 Å². The lowest BCUT2D eigenvalue weighted by Gasteiger charge is -2.09. The lowest BCUT2D eigenvalue weighted by molar-refractivity contribution is 0.110. The minimum Gasteiger partial charge on any atom is -0.489 e. The average molecular weight is 231 g/mol. The van der Waals surface area contributed by atoms with Gasteiger partial charge >= 0.3 is 0 Å². The molecule has 0 aromatic carbocycles. The topological polar surface area (TPSA) is 52.3 Å². The molecule has 0 aliphatic carbocycles. The number of carbonyl (C=O) groups excluding carboxylic acids is 1.